The number of ether oxygens (including phenoxy) is 1. The van der Waals surface area contributed by atoms with Crippen LogP contribution in [0.3, 0.4) is 0 Å². The van der Waals surface area contributed by atoms with Crippen molar-refractivity contribution in [2.75, 3.05) is 11.9 Å². The Morgan fingerprint density at radius 2 is 1.56 bits per heavy atom. The summed E-state index contributed by atoms with van der Waals surface area (Å²) in [6.45, 7) is 6.91. The number of carbonyl (C=O) groups is 1. The van der Waals surface area contributed by atoms with Gasteiger partial charge in [-0.2, -0.15) is 0 Å². The molecule has 1 rings (SSSR count). The second-order valence-corrected chi connectivity index (χ2v) is 3.54. The molecule has 0 unspecified atom stereocenters. The smallest absolute Gasteiger partial charge is 0.293 e. The molecule has 2 nitrogen and oxygen atoms in total. The Balaban J connectivity index is 0. The molecule has 1 aromatic carbocycles. The molecule has 0 aromatic heterocycles. The fraction of sp³-hybridized carbons (Fsp3) is 0.417. The van der Waals surface area contributed by atoms with Crippen LogP contribution in [-0.4, -0.2) is 18.4 Å². The first-order chi connectivity index (χ1) is 7.63. The highest BCUT2D eigenvalue weighted by Gasteiger charge is 1.83. The van der Waals surface area contributed by atoms with Crippen molar-refractivity contribution in [2.24, 2.45) is 0 Å². The lowest BCUT2D eigenvalue weighted by Gasteiger charge is -1.93. The molecule has 0 N–H and O–H groups in total. The molecule has 0 aliphatic rings. The maximum absolute atomic E-state index is 9.18. The van der Waals surface area contributed by atoms with E-state index in [1.54, 1.807) is 6.92 Å². The summed E-state index contributed by atoms with van der Waals surface area (Å²) in [6, 6.07) is 8.36. The first kappa shape index (κ1) is 17.7. The Labute approximate surface area is 108 Å². The van der Waals surface area contributed by atoms with Gasteiger partial charge in [-0.25, -0.2) is 0 Å². The van der Waals surface area contributed by atoms with E-state index < -0.39 is 0 Å². The number of halogens is 2. The fourth-order valence-corrected chi connectivity index (χ4v) is 0.731. The van der Waals surface area contributed by atoms with Crippen molar-refractivity contribution in [2.45, 2.75) is 20.8 Å². The molecule has 0 radical (unpaired) electrons. The predicted octanol–water partition coefficient (Wildman–Crippen LogP) is 3.90. The van der Waals surface area contributed by atoms with E-state index in [2.05, 4.69) is 42.8 Å². The van der Waals surface area contributed by atoms with Crippen LogP contribution in [0.1, 0.15) is 18.1 Å². The normalized spacial score (nSPS) is 7.81. The van der Waals surface area contributed by atoms with Crippen molar-refractivity contribution in [3.8, 4) is 0 Å². The molecule has 16 heavy (non-hydrogen) atoms. The highest BCUT2D eigenvalue weighted by atomic mass is 35.5. The lowest BCUT2D eigenvalue weighted by Crippen LogP contribution is -1.80. The minimum absolute atomic E-state index is 0.194. The van der Waals surface area contributed by atoms with Crippen molar-refractivity contribution in [1.29, 1.82) is 0 Å². The van der Waals surface area contributed by atoms with Crippen molar-refractivity contribution < 1.29 is 9.53 Å². The van der Waals surface area contributed by atoms with E-state index in [4.69, 9.17) is 23.2 Å². The number of hydrogen-bond acceptors (Lipinski definition) is 2. The Kier molecular flexibility index (Phi) is 15.7. The number of aryl methyl sites for hydroxylation is 2. The molecule has 0 bridgehead atoms. The molecule has 4 heteroatoms. The summed E-state index contributed by atoms with van der Waals surface area (Å²) in [7, 11) is 0. The van der Waals surface area contributed by atoms with Crippen molar-refractivity contribution >= 4 is 29.7 Å². The zero-order valence-corrected chi connectivity index (χ0v) is 11.4. The van der Waals surface area contributed by atoms with Gasteiger partial charge in [0.2, 0.25) is 0 Å². The Morgan fingerprint density at radius 1 is 1.19 bits per heavy atom. The van der Waals surface area contributed by atoms with Crippen LogP contribution in [0.2, 0.25) is 0 Å². The predicted molar refractivity (Wildman–Crippen MR) is 70.2 cm³/mol. The molecular weight excluding hydrogens is 247 g/mol. The van der Waals surface area contributed by atoms with E-state index in [1.807, 2.05) is 0 Å². The topological polar surface area (TPSA) is 26.3 Å². The fourth-order valence-electron chi connectivity index (χ4n) is 0.731. The van der Waals surface area contributed by atoms with Crippen LogP contribution in [-0.2, 0) is 9.53 Å². The first-order valence-electron chi connectivity index (χ1n) is 4.83. The number of benzene rings is 1. The summed E-state index contributed by atoms with van der Waals surface area (Å²) in [4.78, 5) is 9.18. The van der Waals surface area contributed by atoms with Gasteiger partial charge in [0.1, 0.15) is 0 Å². The maximum Gasteiger partial charge on any atom is 0.293 e. The minimum Gasteiger partial charge on any atom is -0.468 e. The zero-order valence-electron chi connectivity index (χ0n) is 9.87. The summed E-state index contributed by atoms with van der Waals surface area (Å²) in [5.41, 5.74) is 2.74. The molecule has 0 fully saturated rings. The highest BCUT2D eigenvalue weighted by Crippen LogP contribution is 2.02. The van der Waals surface area contributed by atoms with Crippen molar-refractivity contribution in [3.63, 3.8) is 0 Å². The van der Waals surface area contributed by atoms with Gasteiger partial charge < -0.3 is 4.74 Å². The van der Waals surface area contributed by atoms with Gasteiger partial charge in [0.15, 0.2) is 0 Å². The van der Waals surface area contributed by atoms with E-state index in [-0.39, 0.29) is 5.34 Å². The Morgan fingerprint density at radius 3 is 1.69 bits per heavy atom. The molecule has 0 atom stereocenters. The van der Waals surface area contributed by atoms with Gasteiger partial charge in [-0.15, -0.1) is 23.2 Å². The van der Waals surface area contributed by atoms with Gasteiger partial charge in [-0.1, -0.05) is 24.3 Å². The summed E-state index contributed by atoms with van der Waals surface area (Å²) in [5, 5.41) is 0.194. The van der Waals surface area contributed by atoms with E-state index in [0.717, 1.165) is 0 Å². The summed E-state index contributed by atoms with van der Waals surface area (Å²) in [5.74, 6) is 0. The summed E-state index contributed by atoms with van der Waals surface area (Å²) >= 11 is 9.53. The molecule has 0 saturated carbocycles. The van der Waals surface area contributed by atoms with E-state index in [1.165, 1.54) is 11.1 Å². The first-order valence-corrected chi connectivity index (χ1v) is 5.90. The van der Waals surface area contributed by atoms with Crippen LogP contribution in [0, 0.1) is 13.8 Å². The minimum atomic E-state index is 0.194. The molecule has 0 saturated heterocycles. The highest BCUT2D eigenvalue weighted by molar-refractivity contribution is 6.40. The molecule has 0 spiro atoms. The van der Waals surface area contributed by atoms with Gasteiger partial charge >= 0.3 is 0 Å². The molecular formula is C12H18Cl2O2. The second kappa shape index (κ2) is 14.3. The van der Waals surface area contributed by atoms with E-state index >= 15 is 0 Å². The molecule has 1 aromatic rings. The third-order valence-electron chi connectivity index (χ3n) is 1.66. The Hall–Kier alpha value is -0.730. The second-order valence-electron chi connectivity index (χ2n) is 2.74. The third-order valence-corrected chi connectivity index (χ3v) is 1.66. The lowest BCUT2D eigenvalue weighted by molar-refractivity contribution is -0.128. The van der Waals surface area contributed by atoms with Gasteiger partial charge in [0.25, 0.3) is 6.47 Å². The van der Waals surface area contributed by atoms with Gasteiger partial charge in [-0.05, 0) is 31.9 Å². The van der Waals surface area contributed by atoms with E-state index in [9.17, 15) is 4.79 Å². The number of carbonyl (C=O) groups excluding carboxylic acids is 1. The van der Waals surface area contributed by atoms with Crippen LogP contribution in [0.5, 0.6) is 0 Å². The van der Waals surface area contributed by atoms with Gasteiger partial charge in [0, 0.05) is 0 Å². The largest absolute Gasteiger partial charge is 0.468 e. The molecule has 0 amide bonds. The molecule has 0 heterocycles. The standard InChI is InChI=1S/C8H10.C3H6O2.CH2Cl2/c1-7-5-3-4-6-8(7)2;1-2-5-3-4;2-1-3/h3-6H,1-2H3;3H,2H2,1H3;1H2. The van der Waals surface area contributed by atoms with Crippen molar-refractivity contribution in [1.82, 2.24) is 0 Å². The number of rotatable bonds is 2. The van der Waals surface area contributed by atoms with E-state index in [0.29, 0.717) is 13.1 Å². The average molecular weight is 265 g/mol. The van der Waals surface area contributed by atoms with Crippen LogP contribution in [0.4, 0.5) is 0 Å². The van der Waals surface area contributed by atoms with Gasteiger partial charge in [0.05, 0.1) is 11.9 Å². The van der Waals surface area contributed by atoms with Crippen LogP contribution < -0.4 is 0 Å². The summed E-state index contributed by atoms with van der Waals surface area (Å²) < 4.78 is 4.15. The summed E-state index contributed by atoms with van der Waals surface area (Å²) in [6.07, 6.45) is 0. The molecule has 0 aliphatic carbocycles. The van der Waals surface area contributed by atoms with Gasteiger partial charge in [-0.3, -0.25) is 4.79 Å². The molecule has 0 aliphatic heterocycles. The third kappa shape index (κ3) is 13.3. The Bertz CT molecular complexity index is 244. The lowest BCUT2D eigenvalue weighted by atomic mass is 10.1. The average Bonchev–Trinajstić information content (AvgIpc) is 2.26. The zero-order chi connectivity index (χ0) is 12.8. The number of alkyl halides is 2. The van der Waals surface area contributed by atoms with Crippen LogP contribution in [0.15, 0.2) is 24.3 Å². The maximum atomic E-state index is 9.18. The quantitative estimate of drug-likeness (QED) is 0.598. The van der Waals surface area contributed by atoms with Crippen LogP contribution >= 0.6 is 23.2 Å². The number of hydrogen-bond donors (Lipinski definition) is 0. The van der Waals surface area contributed by atoms with Crippen LogP contribution in [0.25, 0.3) is 0 Å². The SMILES string of the molecule is CCOC=O.Cc1ccccc1C.ClCCl. The monoisotopic (exact) mass is 264 g/mol. The van der Waals surface area contributed by atoms with Crippen molar-refractivity contribution in [3.05, 3.63) is 35.4 Å². The molecule has 92 valence electrons.